The number of fused-ring (bicyclic) bond motifs is 7. The van der Waals surface area contributed by atoms with E-state index in [4.69, 9.17) is 8.83 Å². The first-order chi connectivity index (χ1) is 22.3. The predicted molar refractivity (Wildman–Crippen MR) is 187 cm³/mol. The molecule has 45 heavy (non-hydrogen) atoms. The molecule has 0 aliphatic rings. The quantitative estimate of drug-likeness (QED) is 0.204. The normalized spacial score (nSPS) is 11.6. The minimum atomic E-state index is 0.827. The van der Waals surface area contributed by atoms with Gasteiger partial charge in [-0.1, -0.05) is 127 Å². The molecule has 2 aromatic heterocycles. The van der Waals surface area contributed by atoms with Crippen LogP contribution in [0.4, 0.5) is 17.1 Å². The maximum absolute atomic E-state index is 6.76. The first kappa shape index (κ1) is 25.4. The lowest BCUT2D eigenvalue weighted by atomic mass is 9.98. The van der Waals surface area contributed by atoms with Crippen LogP contribution >= 0.6 is 0 Å². The first-order valence-corrected chi connectivity index (χ1v) is 15.2. The molecule has 0 saturated heterocycles. The summed E-state index contributed by atoms with van der Waals surface area (Å²) < 4.78 is 13.3. The molecule has 0 amide bonds. The molecule has 212 valence electrons. The van der Waals surface area contributed by atoms with Gasteiger partial charge in [0.2, 0.25) is 0 Å². The third-order valence-corrected chi connectivity index (χ3v) is 8.67. The van der Waals surface area contributed by atoms with Crippen LogP contribution in [0.5, 0.6) is 0 Å². The summed E-state index contributed by atoms with van der Waals surface area (Å²) in [5, 5.41) is 4.30. The topological polar surface area (TPSA) is 29.5 Å². The zero-order valence-electron chi connectivity index (χ0n) is 24.4. The molecule has 9 aromatic rings. The van der Waals surface area contributed by atoms with E-state index in [1.807, 2.05) is 30.3 Å². The fourth-order valence-electron chi connectivity index (χ4n) is 6.62. The third kappa shape index (κ3) is 4.13. The minimum Gasteiger partial charge on any atom is -0.456 e. The smallest absolute Gasteiger partial charge is 0.160 e. The van der Waals surface area contributed by atoms with Gasteiger partial charge in [0.1, 0.15) is 16.7 Å². The Hall–Kier alpha value is -6.06. The maximum atomic E-state index is 6.76. The van der Waals surface area contributed by atoms with Crippen molar-refractivity contribution in [2.45, 2.75) is 0 Å². The number of furan rings is 2. The van der Waals surface area contributed by atoms with Crippen molar-refractivity contribution in [1.82, 2.24) is 0 Å². The van der Waals surface area contributed by atoms with E-state index in [1.165, 1.54) is 11.1 Å². The third-order valence-electron chi connectivity index (χ3n) is 8.67. The standard InChI is InChI=1S/C42H27NO2/c1-3-13-28(14-4-1)29-23-25-30(26-24-29)32-17-7-10-20-35(32)43(31-15-5-2-6-16-31)36-27-39-40(33-18-8-11-21-37(33)44-39)41-34-19-9-12-22-38(34)45-42(36)41/h1-27H. The first-order valence-electron chi connectivity index (χ1n) is 15.2. The maximum Gasteiger partial charge on any atom is 0.160 e. The lowest BCUT2D eigenvalue weighted by molar-refractivity contribution is 0.663. The second kappa shape index (κ2) is 10.3. The van der Waals surface area contributed by atoms with Crippen molar-refractivity contribution in [1.29, 1.82) is 0 Å². The summed E-state index contributed by atoms with van der Waals surface area (Å²) >= 11 is 0. The summed E-state index contributed by atoms with van der Waals surface area (Å²) in [5.41, 5.74) is 11.0. The number of rotatable bonds is 5. The SMILES string of the molecule is c1ccc(-c2ccc(-c3ccccc3N(c3ccccc3)c3cc4oc5ccccc5c4c4c3oc3ccccc34)cc2)cc1. The Kier molecular flexibility index (Phi) is 5.82. The highest BCUT2D eigenvalue weighted by Gasteiger charge is 2.25. The highest BCUT2D eigenvalue weighted by molar-refractivity contribution is 6.28. The summed E-state index contributed by atoms with van der Waals surface area (Å²) in [7, 11) is 0. The summed E-state index contributed by atoms with van der Waals surface area (Å²) in [6, 6.07) is 57.1. The highest BCUT2D eigenvalue weighted by Crippen LogP contribution is 2.49. The number of benzene rings is 7. The number of anilines is 3. The second-order valence-corrected chi connectivity index (χ2v) is 11.3. The van der Waals surface area contributed by atoms with E-state index < -0.39 is 0 Å². The van der Waals surface area contributed by atoms with Gasteiger partial charge in [0.25, 0.3) is 0 Å². The summed E-state index contributed by atoms with van der Waals surface area (Å²) in [6.45, 7) is 0. The van der Waals surface area contributed by atoms with Crippen LogP contribution in [0.1, 0.15) is 0 Å². The van der Waals surface area contributed by atoms with Crippen LogP contribution in [0.2, 0.25) is 0 Å². The molecule has 0 atom stereocenters. The van der Waals surface area contributed by atoms with Crippen LogP contribution in [-0.4, -0.2) is 0 Å². The number of nitrogens with zero attached hydrogens (tertiary/aromatic N) is 1. The van der Waals surface area contributed by atoms with Crippen molar-refractivity contribution in [2.24, 2.45) is 0 Å². The summed E-state index contributed by atoms with van der Waals surface area (Å²) in [6.07, 6.45) is 0. The molecule has 3 heteroatoms. The summed E-state index contributed by atoms with van der Waals surface area (Å²) in [4.78, 5) is 2.30. The molecular formula is C42H27NO2. The van der Waals surface area contributed by atoms with E-state index in [2.05, 4.69) is 138 Å². The van der Waals surface area contributed by atoms with Crippen molar-refractivity contribution in [3.05, 3.63) is 164 Å². The minimum absolute atomic E-state index is 0.827. The fraction of sp³-hybridized carbons (Fsp3) is 0. The molecule has 0 aliphatic heterocycles. The predicted octanol–water partition coefficient (Wildman–Crippen LogP) is 12.3. The zero-order chi connectivity index (χ0) is 29.7. The largest absolute Gasteiger partial charge is 0.456 e. The van der Waals surface area contributed by atoms with Crippen molar-refractivity contribution in [2.75, 3.05) is 4.90 Å². The van der Waals surface area contributed by atoms with Crippen LogP contribution in [0, 0.1) is 0 Å². The fourth-order valence-corrected chi connectivity index (χ4v) is 6.62. The Labute approximate surface area is 260 Å². The van der Waals surface area contributed by atoms with Gasteiger partial charge in [0.15, 0.2) is 5.58 Å². The van der Waals surface area contributed by atoms with Crippen LogP contribution in [0.15, 0.2) is 173 Å². The van der Waals surface area contributed by atoms with E-state index in [9.17, 15) is 0 Å². The Balaban J connectivity index is 1.33. The Morgan fingerprint density at radius 2 is 0.933 bits per heavy atom. The highest BCUT2D eigenvalue weighted by atomic mass is 16.3. The Bertz CT molecular complexity index is 2470. The van der Waals surface area contributed by atoms with E-state index in [1.54, 1.807) is 0 Å². The molecule has 0 fully saturated rings. The average molecular weight is 578 g/mol. The molecule has 0 unspecified atom stereocenters. The molecule has 0 radical (unpaired) electrons. The van der Waals surface area contributed by atoms with Gasteiger partial charge in [-0.25, -0.2) is 0 Å². The number of para-hydroxylation sites is 4. The molecule has 0 N–H and O–H groups in total. The van der Waals surface area contributed by atoms with Gasteiger partial charge in [-0.05, 0) is 47.0 Å². The molecule has 3 nitrogen and oxygen atoms in total. The van der Waals surface area contributed by atoms with Gasteiger partial charge in [-0.15, -0.1) is 0 Å². The number of hydrogen-bond acceptors (Lipinski definition) is 3. The zero-order valence-corrected chi connectivity index (χ0v) is 24.4. The van der Waals surface area contributed by atoms with Crippen LogP contribution < -0.4 is 4.90 Å². The summed E-state index contributed by atoms with van der Waals surface area (Å²) in [5.74, 6) is 0. The Morgan fingerprint density at radius 3 is 1.69 bits per heavy atom. The lowest BCUT2D eigenvalue weighted by Gasteiger charge is -2.28. The van der Waals surface area contributed by atoms with Gasteiger partial charge in [0, 0.05) is 38.9 Å². The lowest BCUT2D eigenvalue weighted by Crippen LogP contribution is -2.11. The molecule has 0 saturated carbocycles. The van der Waals surface area contributed by atoms with Crippen molar-refractivity contribution in [3.8, 4) is 22.3 Å². The Morgan fingerprint density at radius 1 is 0.378 bits per heavy atom. The molecular weight excluding hydrogens is 550 g/mol. The van der Waals surface area contributed by atoms with Crippen molar-refractivity contribution >= 4 is 60.9 Å². The molecule has 0 spiro atoms. The second-order valence-electron chi connectivity index (χ2n) is 11.3. The van der Waals surface area contributed by atoms with E-state index >= 15 is 0 Å². The van der Waals surface area contributed by atoms with Gasteiger partial charge >= 0.3 is 0 Å². The average Bonchev–Trinajstić information content (AvgIpc) is 3.68. The molecule has 0 aliphatic carbocycles. The van der Waals surface area contributed by atoms with Crippen molar-refractivity contribution in [3.63, 3.8) is 0 Å². The van der Waals surface area contributed by atoms with Gasteiger partial charge in [0.05, 0.1) is 11.4 Å². The van der Waals surface area contributed by atoms with Gasteiger partial charge < -0.3 is 13.7 Å². The number of hydrogen-bond donors (Lipinski definition) is 0. The van der Waals surface area contributed by atoms with Crippen molar-refractivity contribution < 1.29 is 8.83 Å². The molecule has 2 heterocycles. The van der Waals surface area contributed by atoms with Gasteiger partial charge in [-0.3, -0.25) is 0 Å². The molecule has 0 bridgehead atoms. The monoisotopic (exact) mass is 577 g/mol. The van der Waals surface area contributed by atoms with E-state index in [-0.39, 0.29) is 0 Å². The van der Waals surface area contributed by atoms with E-state index in [0.717, 1.165) is 72.1 Å². The van der Waals surface area contributed by atoms with Crippen LogP contribution in [-0.2, 0) is 0 Å². The van der Waals surface area contributed by atoms with E-state index in [0.29, 0.717) is 0 Å². The van der Waals surface area contributed by atoms with Crippen LogP contribution in [0.3, 0.4) is 0 Å². The van der Waals surface area contributed by atoms with Crippen LogP contribution in [0.25, 0.3) is 66.1 Å². The molecule has 9 rings (SSSR count). The molecule has 7 aromatic carbocycles. The van der Waals surface area contributed by atoms with Gasteiger partial charge in [-0.2, -0.15) is 0 Å².